The second-order valence-electron chi connectivity index (χ2n) is 5.55. The van der Waals surface area contributed by atoms with Crippen LogP contribution in [-0.2, 0) is 14.9 Å². The zero-order valence-corrected chi connectivity index (χ0v) is 13.7. The Morgan fingerprint density at radius 1 is 1.27 bits per heavy atom. The minimum absolute atomic E-state index is 0.0576. The summed E-state index contributed by atoms with van der Waals surface area (Å²) in [4.78, 5) is 11.6. The molecule has 1 aliphatic carbocycles. The largest absolute Gasteiger partial charge is 0.462 e. The summed E-state index contributed by atoms with van der Waals surface area (Å²) in [6.45, 7) is 0.333. The molecular formula is C15H19ClO5S. The molecule has 1 fully saturated rings. The van der Waals surface area contributed by atoms with E-state index in [4.69, 9.17) is 20.9 Å². The maximum atomic E-state index is 11.9. The van der Waals surface area contributed by atoms with E-state index in [2.05, 4.69) is 0 Å². The molecule has 1 aromatic rings. The van der Waals surface area contributed by atoms with Gasteiger partial charge < -0.3 is 4.74 Å². The fourth-order valence-corrected chi connectivity index (χ4v) is 3.52. The van der Waals surface area contributed by atoms with Gasteiger partial charge >= 0.3 is 5.97 Å². The van der Waals surface area contributed by atoms with Gasteiger partial charge in [-0.15, -0.1) is 0 Å². The first-order valence-electron chi connectivity index (χ1n) is 7.32. The summed E-state index contributed by atoms with van der Waals surface area (Å²) in [6, 6.07) is 3.40. The first kappa shape index (κ1) is 17.2. The first-order valence-corrected chi connectivity index (χ1v) is 9.14. The lowest BCUT2D eigenvalue weighted by Crippen LogP contribution is -2.13. The molecule has 0 radical (unpaired) electrons. The molecule has 7 heteroatoms. The molecule has 1 N–H and O–H groups in total. The Morgan fingerprint density at radius 3 is 2.55 bits per heavy atom. The van der Waals surface area contributed by atoms with Crippen LogP contribution in [0.4, 0.5) is 0 Å². The highest BCUT2D eigenvalue weighted by molar-refractivity contribution is 7.85. The normalized spacial score (nSPS) is 16.5. The van der Waals surface area contributed by atoms with Crippen molar-refractivity contribution < 1.29 is 22.5 Å². The van der Waals surface area contributed by atoms with Crippen molar-refractivity contribution in [2.75, 3.05) is 6.61 Å². The molecule has 0 heterocycles. The van der Waals surface area contributed by atoms with E-state index in [0.717, 1.165) is 18.6 Å². The van der Waals surface area contributed by atoms with Gasteiger partial charge in [0.05, 0.1) is 22.1 Å². The lowest BCUT2D eigenvalue weighted by atomic mass is 9.87. The molecule has 122 valence electrons. The van der Waals surface area contributed by atoms with Gasteiger partial charge in [-0.25, -0.2) is 4.79 Å². The van der Waals surface area contributed by atoms with Gasteiger partial charge in [0.2, 0.25) is 0 Å². The highest BCUT2D eigenvalue weighted by Gasteiger charge is 2.18. The minimum atomic E-state index is -4.34. The van der Waals surface area contributed by atoms with E-state index in [9.17, 15) is 13.2 Å². The predicted octanol–water partition coefficient (Wildman–Crippen LogP) is 3.71. The van der Waals surface area contributed by atoms with Crippen molar-refractivity contribution in [1.29, 1.82) is 0 Å². The van der Waals surface area contributed by atoms with Crippen molar-refractivity contribution in [3.05, 3.63) is 28.8 Å². The summed E-state index contributed by atoms with van der Waals surface area (Å²) in [5.41, 5.74) is 0.0951. The van der Waals surface area contributed by atoms with E-state index in [1.54, 1.807) is 0 Å². The van der Waals surface area contributed by atoms with Crippen molar-refractivity contribution in [3.8, 4) is 0 Å². The summed E-state index contributed by atoms with van der Waals surface area (Å²) in [5.74, 6) is 0.0293. The summed E-state index contributed by atoms with van der Waals surface area (Å²) < 4.78 is 36.1. The van der Waals surface area contributed by atoms with E-state index < -0.39 is 16.1 Å². The smallest absolute Gasteiger partial charge is 0.339 e. The van der Waals surface area contributed by atoms with Gasteiger partial charge in [-0.2, -0.15) is 8.42 Å². The van der Waals surface area contributed by atoms with Crippen molar-refractivity contribution >= 4 is 27.7 Å². The van der Waals surface area contributed by atoms with Crippen LogP contribution >= 0.6 is 11.6 Å². The molecule has 0 aromatic heterocycles. The number of carbonyl (C=O) groups excluding carboxylic acids is 1. The average molecular weight is 347 g/mol. The SMILES string of the molecule is O=C(OCCC1CCCCC1)c1ccc(S(=O)(=O)O)cc1Cl. The van der Waals surface area contributed by atoms with Crippen LogP contribution in [-0.4, -0.2) is 25.5 Å². The molecule has 0 saturated heterocycles. The maximum Gasteiger partial charge on any atom is 0.339 e. The third-order valence-electron chi connectivity index (χ3n) is 3.94. The summed E-state index contributed by atoms with van der Waals surface area (Å²) in [6.07, 6.45) is 6.96. The van der Waals surface area contributed by atoms with Crippen LogP contribution in [0.25, 0.3) is 0 Å². The van der Waals surface area contributed by atoms with Gasteiger partial charge in [-0.3, -0.25) is 4.55 Å². The van der Waals surface area contributed by atoms with E-state index in [1.165, 1.54) is 38.2 Å². The van der Waals surface area contributed by atoms with Gasteiger partial charge in [0.15, 0.2) is 0 Å². The number of carbonyl (C=O) groups is 1. The number of benzene rings is 1. The lowest BCUT2D eigenvalue weighted by molar-refractivity contribution is 0.0475. The molecule has 22 heavy (non-hydrogen) atoms. The predicted molar refractivity (Wildman–Crippen MR) is 82.7 cm³/mol. The van der Waals surface area contributed by atoms with Crippen molar-refractivity contribution in [2.45, 2.75) is 43.4 Å². The second-order valence-corrected chi connectivity index (χ2v) is 7.37. The van der Waals surface area contributed by atoms with E-state index in [0.29, 0.717) is 12.5 Å². The Hall–Kier alpha value is -1.11. The van der Waals surface area contributed by atoms with Gasteiger partial charge in [-0.05, 0) is 30.5 Å². The molecule has 1 aliphatic rings. The summed E-state index contributed by atoms with van der Waals surface area (Å²) >= 11 is 5.88. The molecular weight excluding hydrogens is 328 g/mol. The molecule has 0 unspecified atom stereocenters. The first-order chi connectivity index (χ1) is 10.4. The molecule has 5 nitrogen and oxygen atoms in total. The highest BCUT2D eigenvalue weighted by atomic mass is 35.5. The van der Waals surface area contributed by atoms with Crippen LogP contribution in [0.1, 0.15) is 48.9 Å². The van der Waals surface area contributed by atoms with Crippen LogP contribution in [0.3, 0.4) is 0 Å². The van der Waals surface area contributed by atoms with Gasteiger partial charge in [0.25, 0.3) is 10.1 Å². The Bertz CT molecular complexity index is 635. The Balaban J connectivity index is 1.92. The highest BCUT2D eigenvalue weighted by Crippen LogP contribution is 2.26. The fourth-order valence-electron chi connectivity index (χ4n) is 2.69. The molecule has 2 rings (SSSR count). The van der Waals surface area contributed by atoms with Crippen LogP contribution in [0.15, 0.2) is 23.1 Å². The number of ether oxygens (including phenoxy) is 1. The van der Waals surface area contributed by atoms with Crippen LogP contribution < -0.4 is 0 Å². The van der Waals surface area contributed by atoms with Crippen molar-refractivity contribution in [2.24, 2.45) is 5.92 Å². The number of rotatable bonds is 5. The van der Waals surface area contributed by atoms with Crippen LogP contribution in [0.5, 0.6) is 0 Å². The fraction of sp³-hybridized carbons (Fsp3) is 0.533. The zero-order chi connectivity index (χ0) is 16.2. The van der Waals surface area contributed by atoms with Gasteiger partial charge in [-0.1, -0.05) is 43.7 Å². The zero-order valence-electron chi connectivity index (χ0n) is 12.1. The molecule has 0 atom stereocenters. The lowest BCUT2D eigenvalue weighted by Gasteiger charge is -2.21. The third-order valence-corrected chi connectivity index (χ3v) is 5.10. The van der Waals surface area contributed by atoms with Crippen LogP contribution in [0.2, 0.25) is 5.02 Å². The number of halogens is 1. The Morgan fingerprint density at radius 2 is 1.95 bits per heavy atom. The number of esters is 1. The molecule has 1 saturated carbocycles. The maximum absolute atomic E-state index is 11.9. The number of hydrogen-bond acceptors (Lipinski definition) is 4. The Labute approximate surface area is 135 Å². The monoisotopic (exact) mass is 346 g/mol. The topological polar surface area (TPSA) is 80.7 Å². The van der Waals surface area contributed by atoms with Crippen molar-refractivity contribution in [1.82, 2.24) is 0 Å². The molecule has 1 aromatic carbocycles. The van der Waals surface area contributed by atoms with Crippen LogP contribution in [0, 0.1) is 5.92 Å². The standard InChI is InChI=1S/C15H19ClO5S/c16-14-10-12(22(18,19)20)6-7-13(14)15(17)21-9-8-11-4-2-1-3-5-11/h6-7,10-11H,1-5,8-9H2,(H,18,19,20). The second kappa shape index (κ2) is 7.44. The van der Waals surface area contributed by atoms with Crippen molar-refractivity contribution in [3.63, 3.8) is 0 Å². The minimum Gasteiger partial charge on any atom is -0.462 e. The van der Waals surface area contributed by atoms with E-state index >= 15 is 0 Å². The molecule has 0 aliphatic heterocycles. The molecule has 0 bridgehead atoms. The third kappa shape index (κ3) is 4.69. The van der Waals surface area contributed by atoms with Gasteiger partial charge in [0, 0.05) is 0 Å². The average Bonchev–Trinajstić information content (AvgIpc) is 2.47. The van der Waals surface area contributed by atoms with E-state index in [1.807, 2.05) is 0 Å². The summed E-state index contributed by atoms with van der Waals surface area (Å²) in [7, 11) is -4.34. The van der Waals surface area contributed by atoms with Gasteiger partial charge in [0.1, 0.15) is 0 Å². The molecule has 0 amide bonds. The molecule has 0 spiro atoms. The number of hydrogen-bond donors (Lipinski definition) is 1. The van der Waals surface area contributed by atoms with E-state index in [-0.39, 0.29) is 15.5 Å². The quantitative estimate of drug-likeness (QED) is 0.649. The Kier molecular flexibility index (Phi) is 5.83. The summed E-state index contributed by atoms with van der Waals surface area (Å²) in [5, 5.41) is -0.0576.